The second-order valence-corrected chi connectivity index (χ2v) is 9.57. The zero-order chi connectivity index (χ0) is 26.5. The van der Waals surface area contributed by atoms with E-state index in [4.69, 9.17) is 9.47 Å². The van der Waals surface area contributed by atoms with Crippen molar-refractivity contribution in [2.24, 2.45) is 0 Å². The molecule has 0 atom stereocenters. The van der Waals surface area contributed by atoms with Gasteiger partial charge in [-0.2, -0.15) is 4.31 Å². The zero-order valence-electron chi connectivity index (χ0n) is 19.9. The molecule has 0 unspecified atom stereocenters. The number of morpholine rings is 1. The first-order valence-electron chi connectivity index (χ1n) is 10.9. The average Bonchev–Trinajstić information content (AvgIpc) is 2.84. The van der Waals surface area contributed by atoms with Crippen LogP contribution in [-0.2, 0) is 19.5 Å². The van der Waals surface area contributed by atoms with Gasteiger partial charge < -0.3 is 14.8 Å². The summed E-state index contributed by atoms with van der Waals surface area (Å²) in [5.74, 6) is -0.591. The number of esters is 1. The summed E-state index contributed by atoms with van der Waals surface area (Å²) in [6.45, 7) is 5.85. The number of carbonyl (C=O) groups is 2. The second kappa shape index (κ2) is 11.3. The Bertz CT molecular complexity index is 1280. The third kappa shape index (κ3) is 6.05. The number of urea groups is 1. The maximum Gasteiger partial charge on any atom is 0.340 e. The number of hydrazine groups is 1. The van der Waals surface area contributed by atoms with Gasteiger partial charge in [-0.15, -0.1) is 0 Å². The first-order valence-corrected chi connectivity index (χ1v) is 12.3. The lowest BCUT2D eigenvalue weighted by atomic mass is 10.1. The molecule has 1 aromatic carbocycles. The number of anilines is 2. The Balaban J connectivity index is 1.75. The highest BCUT2D eigenvalue weighted by molar-refractivity contribution is 7.89. The van der Waals surface area contributed by atoms with Crippen molar-refractivity contribution in [3.05, 3.63) is 51.3 Å². The third-order valence-electron chi connectivity index (χ3n) is 5.23. The minimum atomic E-state index is -3.95. The number of aromatic nitrogens is 1. The number of hydrogen-bond donors (Lipinski definition) is 3. The molecule has 1 aromatic heterocycles. The van der Waals surface area contributed by atoms with Crippen LogP contribution in [0.4, 0.5) is 21.9 Å². The fourth-order valence-electron chi connectivity index (χ4n) is 3.41. The monoisotopic (exact) mass is 522 g/mol. The molecule has 36 heavy (non-hydrogen) atoms. The topological polar surface area (TPSA) is 182 Å². The number of nitrogens with one attached hydrogen (secondary N) is 3. The molecule has 2 heterocycles. The Kier molecular flexibility index (Phi) is 8.39. The van der Waals surface area contributed by atoms with Gasteiger partial charge in [-0.1, -0.05) is 0 Å². The van der Waals surface area contributed by atoms with Gasteiger partial charge in [-0.3, -0.25) is 25.9 Å². The second-order valence-electron chi connectivity index (χ2n) is 7.63. The summed E-state index contributed by atoms with van der Waals surface area (Å²) < 4.78 is 37.0. The molecular formula is C21H26N6O8S. The Morgan fingerprint density at radius 3 is 2.50 bits per heavy atom. The normalized spacial score (nSPS) is 14.1. The molecule has 1 aliphatic heterocycles. The van der Waals surface area contributed by atoms with Crippen LogP contribution in [0.5, 0.6) is 0 Å². The Morgan fingerprint density at radius 2 is 1.86 bits per heavy atom. The standard InChI is InChI=1S/C21H26N6O8S/c1-4-35-20(28)16-12-18(14(3)22-13(16)2)23-21(29)25-24-17-6-5-15(11-19(17)27(30)31)36(32,33)26-7-9-34-10-8-26/h5-6,11-12,24H,4,7-10H2,1-3H3,(H2,23,25,29). The van der Waals surface area contributed by atoms with Crippen molar-refractivity contribution in [1.82, 2.24) is 14.7 Å². The molecule has 3 rings (SSSR count). The SMILES string of the molecule is CCOC(=O)c1cc(NC(=O)NNc2ccc(S(=O)(=O)N3CCOCC3)cc2[N+](=O)[O-])c(C)nc1C. The van der Waals surface area contributed by atoms with E-state index in [1.165, 1.54) is 22.5 Å². The lowest BCUT2D eigenvalue weighted by molar-refractivity contribution is -0.384. The summed E-state index contributed by atoms with van der Waals surface area (Å²) in [4.78, 5) is 39.4. The number of hydrogen-bond acceptors (Lipinski definition) is 10. The molecule has 3 N–H and O–H groups in total. The van der Waals surface area contributed by atoms with E-state index in [2.05, 4.69) is 21.2 Å². The highest BCUT2D eigenvalue weighted by atomic mass is 32.2. The molecule has 0 aliphatic carbocycles. The van der Waals surface area contributed by atoms with Crippen LogP contribution in [-0.4, -0.2) is 67.5 Å². The highest BCUT2D eigenvalue weighted by Gasteiger charge is 2.29. The molecule has 0 bridgehead atoms. The number of rotatable bonds is 8. The van der Waals surface area contributed by atoms with Crippen molar-refractivity contribution in [1.29, 1.82) is 0 Å². The largest absolute Gasteiger partial charge is 0.462 e. The van der Waals surface area contributed by atoms with E-state index in [-0.39, 0.29) is 54.7 Å². The van der Waals surface area contributed by atoms with Crippen molar-refractivity contribution >= 4 is 39.1 Å². The van der Waals surface area contributed by atoms with E-state index in [0.717, 1.165) is 6.07 Å². The molecule has 1 fully saturated rings. The van der Waals surface area contributed by atoms with Crippen LogP contribution in [0.25, 0.3) is 0 Å². The minimum Gasteiger partial charge on any atom is -0.462 e. The van der Waals surface area contributed by atoms with Gasteiger partial charge in [0.25, 0.3) is 5.69 Å². The fourth-order valence-corrected chi connectivity index (χ4v) is 4.84. The maximum absolute atomic E-state index is 12.8. The van der Waals surface area contributed by atoms with Crippen LogP contribution in [0.1, 0.15) is 28.7 Å². The van der Waals surface area contributed by atoms with Crippen molar-refractivity contribution in [3.8, 4) is 0 Å². The van der Waals surface area contributed by atoms with Crippen molar-refractivity contribution in [2.45, 2.75) is 25.7 Å². The van der Waals surface area contributed by atoms with E-state index >= 15 is 0 Å². The smallest absolute Gasteiger partial charge is 0.340 e. The zero-order valence-corrected chi connectivity index (χ0v) is 20.7. The maximum atomic E-state index is 12.8. The summed E-state index contributed by atoms with van der Waals surface area (Å²) in [7, 11) is -3.95. The Labute approximate surface area is 207 Å². The summed E-state index contributed by atoms with van der Waals surface area (Å²) in [6.07, 6.45) is 0. The number of benzene rings is 1. The highest BCUT2D eigenvalue weighted by Crippen LogP contribution is 2.29. The number of ether oxygens (including phenoxy) is 2. The van der Waals surface area contributed by atoms with Crippen molar-refractivity contribution in [2.75, 3.05) is 43.7 Å². The number of nitro benzene ring substituents is 1. The van der Waals surface area contributed by atoms with E-state index in [0.29, 0.717) is 11.4 Å². The van der Waals surface area contributed by atoms with Crippen LogP contribution in [0.15, 0.2) is 29.2 Å². The molecule has 1 saturated heterocycles. The minimum absolute atomic E-state index is 0.137. The van der Waals surface area contributed by atoms with Gasteiger partial charge in [-0.05, 0) is 39.0 Å². The Morgan fingerprint density at radius 1 is 1.17 bits per heavy atom. The molecule has 1 aliphatic rings. The number of nitro groups is 1. The van der Waals surface area contributed by atoms with Gasteiger partial charge in [0.1, 0.15) is 5.69 Å². The van der Waals surface area contributed by atoms with E-state index in [1.54, 1.807) is 20.8 Å². The fraction of sp³-hybridized carbons (Fsp3) is 0.381. The number of amides is 2. The van der Waals surface area contributed by atoms with E-state index in [1.807, 2.05) is 0 Å². The number of pyridine rings is 1. The number of carbonyl (C=O) groups excluding carboxylic acids is 2. The molecule has 15 heteroatoms. The molecule has 0 saturated carbocycles. The lowest BCUT2D eigenvalue weighted by Gasteiger charge is -2.26. The van der Waals surface area contributed by atoms with Crippen molar-refractivity contribution < 1.29 is 32.4 Å². The lowest BCUT2D eigenvalue weighted by Crippen LogP contribution is -2.40. The third-order valence-corrected chi connectivity index (χ3v) is 7.13. The first-order chi connectivity index (χ1) is 17.0. The molecule has 0 radical (unpaired) electrons. The first kappa shape index (κ1) is 26.8. The molecule has 14 nitrogen and oxygen atoms in total. The van der Waals surface area contributed by atoms with Crippen LogP contribution >= 0.6 is 0 Å². The summed E-state index contributed by atoms with van der Waals surface area (Å²) in [5, 5.41) is 14.1. The van der Waals surface area contributed by atoms with Gasteiger partial charge in [0.2, 0.25) is 10.0 Å². The van der Waals surface area contributed by atoms with Crippen LogP contribution in [0.2, 0.25) is 0 Å². The summed E-state index contributed by atoms with van der Waals surface area (Å²) >= 11 is 0. The molecular weight excluding hydrogens is 496 g/mol. The summed E-state index contributed by atoms with van der Waals surface area (Å²) in [5.41, 5.74) is 5.25. The predicted molar refractivity (Wildman–Crippen MR) is 128 cm³/mol. The molecule has 2 aromatic rings. The molecule has 0 spiro atoms. The van der Waals surface area contributed by atoms with Crippen molar-refractivity contribution in [3.63, 3.8) is 0 Å². The number of aryl methyl sites for hydroxylation is 2. The van der Waals surface area contributed by atoms with Crippen LogP contribution in [0, 0.1) is 24.0 Å². The van der Waals surface area contributed by atoms with Gasteiger partial charge >= 0.3 is 12.0 Å². The quantitative estimate of drug-likeness (QED) is 0.263. The number of sulfonamides is 1. The molecule has 194 valence electrons. The van der Waals surface area contributed by atoms with Crippen LogP contribution < -0.4 is 16.2 Å². The van der Waals surface area contributed by atoms with Gasteiger partial charge in [0, 0.05) is 19.2 Å². The predicted octanol–water partition coefficient (Wildman–Crippen LogP) is 1.95. The van der Waals surface area contributed by atoms with E-state index < -0.39 is 32.6 Å². The van der Waals surface area contributed by atoms with Crippen LogP contribution in [0.3, 0.4) is 0 Å². The van der Waals surface area contributed by atoms with Gasteiger partial charge in [0.05, 0.1) is 52.3 Å². The van der Waals surface area contributed by atoms with E-state index in [9.17, 15) is 28.1 Å². The Hall–Kier alpha value is -3.82. The van der Waals surface area contributed by atoms with Gasteiger partial charge in [0.15, 0.2) is 0 Å². The number of nitrogens with zero attached hydrogens (tertiary/aromatic N) is 3. The summed E-state index contributed by atoms with van der Waals surface area (Å²) in [6, 6.07) is 3.93. The molecule has 2 amide bonds. The van der Waals surface area contributed by atoms with Gasteiger partial charge in [-0.25, -0.2) is 18.0 Å². The average molecular weight is 523 g/mol.